The van der Waals surface area contributed by atoms with Gasteiger partial charge in [0.15, 0.2) is 0 Å². The Labute approximate surface area is 97.0 Å². The lowest BCUT2D eigenvalue weighted by molar-refractivity contribution is -0.137. The smallest absolute Gasteiger partial charge is 0.303 e. The minimum Gasteiger partial charge on any atom is -0.481 e. The summed E-state index contributed by atoms with van der Waals surface area (Å²) < 4.78 is 0. The van der Waals surface area contributed by atoms with Gasteiger partial charge in [0.1, 0.15) is 0 Å². The first-order chi connectivity index (χ1) is 7.66. The zero-order valence-corrected chi connectivity index (χ0v) is 9.98. The van der Waals surface area contributed by atoms with E-state index in [1.54, 1.807) is 0 Å². The molecule has 2 rings (SSSR count). The van der Waals surface area contributed by atoms with E-state index in [1.807, 2.05) is 0 Å². The standard InChI is InChI=1S/C12H22N2O2/c1-9-6-7-14(10-2-3-10)11(8-13-9)4-5-12(15)16/h9-11,13H,2-8H2,1H3,(H,15,16). The fourth-order valence-electron chi connectivity index (χ4n) is 2.53. The summed E-state index contributed by atoms with van der Waals surface area (Å²) in [7, 11) is 0. The summed E-state index contributed by atoms with van der Waals surface area (Å²) >= 11 is 0. The van der Waals surface area contributed by atoms with Gasteiger partial charge in [0.2, 0.25) is 0 Å². The summed E-state index contributed by atoms with van der Waals surface area (Å²) in [6.07, 6.45) is 4.87. The molecule has 2 unspecified atom stereocenters. The van der Waals surface area contributed by atoms with Gasteiger partial charge in [0.25, 0.3) is 0 Å². The van der Waals surface area contributed by atoms with Crippen LogP contribution < -0.4 is 5.32 Å². The second-order valence-corrected chi connectivity index (χ2v) is 5.15. The van der Waals surface area contributed by atoms with Gasteiger partial charge in [-0.15, -0.1) is 0 Å². The second kappa shape index (κ2) is 5.15. The van der Waals surface area contributed by atoms with Crippen LogP contribution in [-0.4, -0.2) is 47.2 Å². The minimum atomic E-state index is -0.673. The third-order valence-corrected chi connectivity index (χ3v) is 3.70. The summed E-state index contributed by atoms with van der Waals surface area (Å²) in [6, 6.07) is 1.73. The molecule has 0 aromatic heterocycles. The second-order valence-electron chi connectivity index (χ2n) is 5.15. The van der Waals surface area contributed by atoms with Crippen LogP contribution in [0.2, 0.25) is 0 Å². The number of rotatable bonds is 4. The number of carbonyl (C=O) groups is 1. The Kier molecular flexibility index (Phi) is 3.82. The van der Waals surface area contributed by atoms with Crippen LogP contribution >= 0.6 is 0 Å². The molecule has 1 heterocycles. The van der Waals surface area contributed by atoms with Crippen LogP contribution in [-0.2, 0) is 4.79 Å². The Bertz CT molecular complexity index is 253. The monoisotopic (exact) mass is 226 g/mol. The van der Waals surface area contributed by atoms with Crippen molar-refractivity contribution in [2.75, 3.05) is 13.1 Å². The molecule has 1 saturated heterocycles. The Morgan fingerprint density at radius 2 is 2.19 bits per heavy atom. The Morgan fingerprint density at radius 3 is 2.81 bits per heavy atom. The number of nitrogens with one attached hydrogen (secondary N) is 1. The lowest BCUT2D eigenvalue weighted by atomic mass is 10.1. The highest BCUT2D eigenvalue weighted by molar-refractivity contribution is 5.66. The molecule has 92 valence electrons. The van der Waals surface area contributed by atoms with Crippen LogP contribution in [0, 0.1) is 0 Å². The highest BCUT2D eigenvalue weighted by Crippen LogP contribution is 2.30. The van der Waals surface area contributed by atoms with Gasteiger partial charge in [-0.05, 0) is 32.6 Å². The van der Waals surface area contributed by atoms with E-state index in [0.29, 0.717) is 18.5 Å². The van der Waals surface area contributed by atoms with Crippen molar-refractivity contribution >= 4 is 5.97 Å². The van der Waals surface area contributed by atoms with E-state index in [4.69, 9.17) is 5.11 Å². The first kappa shape index (κ1) is 11.9. The van der Waals surface area contributed by atoms with E-state index >= 15 is 0 Å². The van der Waals surface area contributed by atoms with Crippen molar-refractivity contribution in [3.8, 4) is 0 Å². The molecule has 0 radical (unpaired) electrons. The summed E-state index contributed by atoms with van der Waals surface area (Å²) in [4.78, 5) is 13.2. The van der Waals surface area contributed by atoms with Gasteiger partial charge in [0.05, 0.1) is 0 Å². The van der Waals surface area contributed by atoms with Crippen LogP contribution in [0.5, 0.6) is 0 Å². The quantitative estimate of drug-likeness (QED) is 0.753. The summed E-state index contributed by atoms with van der Waals surface area (Å²) in [5, 5.41) is 12.3. The Morgan fingerprint density at radius 1 is 1.44 bits per heavy atom. The molecule has 0 aromatic carbocycles. The lowest BCUT2D eigenvalue weighted by Crippen LogP contribution is -2.41. The van der Waals surface area contributed by atoms with Crippen LogP contribution in [0.15, 0.2) is 0 Å². The van der Waals surface area contributed by atoms with Gasteiger partial charge in [0, 0.05) is 37.6 Å². The van der Waals surface area contributed by atoms with Crippen LogP contribution in [0.4, 0.5) is 0 Å². The largest absolute Gasteiger partial charge is 0.481 e. The van der Waals surface area contributed by atoms with Gasteiger partial charge >= 0.3 is 5.97 Å². The molecule has 0 spiro atoms. The van der Waals surface area contributed by atoms with Crippen molar-refractivity contribution in [1.82, 2.24) is 10.2 Å². The maximum absolute atomic E-state index is 10.6. The molecule has 2 atom stereocenters. The molecule has 4 nitrogen and oxygen atoms in total. The number of carboxylic acids is 1. The Hall–Kier alpha value is -0.610. The van der Waals surface area contributed by atoms with Crippen molar-refractivity contribution in [1.29, 1.82) is 0 Å². The molecular weight excluding hydrogens is 204 g/mol. The van der Waals surface area contributed by atoms with E-state index in [1.165, 1.54) is 19.3 Å². The lowest BCUT2D eigenvalue weighted by Gasteiger charge is -2.29. The topological polar surface area (TPSA) is 52.6 Å². The number of hydrogen-bond acceptors (Lipinski definition) is 3. The molecule has 4 heteroatoms. The molecule has 2 aliphatic rings. The van der Waals surface area contributed by atoms with E-state index < -0.39 is 5.97 Å². The molecule has 0 bridgehead atoms. The number of nitrogens with zero attached hydrogens (tertiary/aromatic N) is 1. The van der Waals surface area contributed by atoms with Crippen LogP contribution in [0.3, 0.4) is 0 Å². The summed E-state index contributed by atoms with van der Waals surface area (Å²) in [6.45, 7) is 4.29. The maximum Gasteiger partial charge on any atom is 0.303 e. The first-order valence-electron chi connectivity index (χ1n) is 6.37. The number of carboxylic acid groups (broad SMARTS) is 1. The fourth-order valence-corrected chi connectivity index (χ4v) is 2.53. The van der Waals surface area contributed by atoms with Gasteiger partial charge in [-0.2, -0.15) is 0 Å². The average molecular weight is 226 g/mol. The van der Waals surface area contributed by atoms with Crippen molar-refractivity contribution < 1.29 is 9.90 Å². The summed E-state index contributed by atoms with van der Waals surface area (Å²) in [5.41, 5.74) is 0. The number of aliphatic carboxylic acids is 1. The number of hydrogen-bond donors (Lipinski definition) is 2. The van der Waals surface area contributed by atoms with Gasteiger partial charge < -0.3 is 10.4 Å². The molecule has 16 heavy (non-hydrogen) atoms. The normalized spacial score (nSPS) is 32.3. The predicted octanol–water partition coefficient (Wildman–Crippen LogP) is 1.07. The zero-order valence-electron chi connectivity index (χ0n) is 9.98. The molecule has 2 N–H and O–H groups in total. The van der Waals surface area contributed by atoms with E-state index in [9.17, 15) is 4.79 Å². The van der Waals surface area contributed by atoms with Crippen LogP contribution in [0.1, 0.15) is 39.0 Å². The molecule has 1 saturated carbocycles. The maximum atomic E-state index is 10.6. The minimum absolute atomic E-state index is 0.296. The highest BCUT2D eigenvalue weighted by atomic mass is 16.4. The van der Waals surface area contributed by atoms with Crippen molar-refractivity contribution in [3.63, 3.8) is 0 Å². The van der Waals surface area contributed by atoms with E-state index in [-0.39, 0.29) is 0 Å². The van der Waals surface area contributed by atoms with Crippen LogP contribution in [0.25, 0.3) is 0 Å². The van der Waals surface area contributed by atoms with Crippen molar-refractivity contribution in [3.05, 3.63) is 0 Å². The third kappa shape index (κ3) is 3.19. The zero-order chi connectivity index (χ0) is 11.5. The van der Waals surface area contributed by atoms with E-state index in [2.05, 4.69) is 17.1 Å². The molecule has 0 aromatic rings. The summed E-state index contributed by atoms with van der Waals surface area (Å²) in [5.74, 6) is -0.673. The molecule has 2 fully saturated rings. The van der Waals surface area contributed by atoms with Gasteiger partial charge in [-0.1, -0.05) is 0 Å². The van der Waals surface area contributed by atoms with Gasteiger partial charge in [-0.25, -0.2) is 0 Å². The molecule has 1 aliphatic carbocycles. The molecule has 0 amide bonds. The molecular formula is C12H22N2O2. The average Bonchev–Trinajstić information content (AvgIpc) is 3.02. The first-order valence-corrected chi connectivity index (χ1v) is 6.37. The van der Waals surface area contributed by atoms with Crippen molar-refractivity contribution in [2.45, 2.75) is 57.2 Å². The SMILES string of the molecule is CC1CCN(C2CC2)C(CCC(=O)O)CN1. The Balaban J connectivity index is 1.91. The predicted molar refractivity (Wildman–Crippen MR) is 62.5 cm³/mol. The highest BCUT2D eigenvalue weighted by Gasteiger charge is 2.35. The van der Waals surface area contributed by atoms with E-state index in [0.717, 1.165) is 25.6 Å². The van der Waals surface area contributed by atoms with Crippen molar-refractivity contribution in [2.24, 2.45) is 0 Å². The van der Waals surface area contributed by atoms with Gasteiger partial charge in [-0.3, -0.25) is 9.69 Å². The third-order valence-electron chi connectivity index (χ3n) is 3.70. The fraction of sp³-hybridized carbons (Fsp3) is 0.917. The molecule has 1 aliphatic heterocycles.